The summed E-state index contributed by atoms with van der Waals surface area (Å²) in [5.41, 5.74) is 3.40. The smallest absolute Gasteiger partial charge is 0.266 e. The first-order valence-electron chi connectivity index (χ1n) is 9.00. The Labute approximate surface area is 171 Å². The van der Waals surface area contributed by atoms with Crippen LogP contribution in [0.5, 0.6) is 0 Å². The van der Waals surface area contributed by atoms with Crippen LogP contribution in [0.1, 0.15) is 24.0 Å². The molecule has 3 aromatic rings. The molecule has 1 aromatic carbocycles. The average Bonchev–Trinajstić information content (AvgIpc) is 3.38. The van der Waals surface area contributed by atoms with Gasteiger partial charge < -0.3 is 4.57 Å². The largest absolute Gasteiger partial charge is 0.319 e. The Morgan fingerprint density at radius 2 is 2.00 bits per heavy atom. The minimum Gasteiger partial charge on any atom is -0.319 e. The van der Waals surface area contributed by atoms with E-state index < -0.39 is 22.0 Å². The number of benzene rings is 1. The maximum absolute atomic E-state index is 12.9. The van der Waals surface area contributed by atoms with Crippen LogP contribution in [0.25, 0.3) is 10.2 Å². The zero-order valence-corrected chi connectivity index (χ0v) is 18.3. The van der Waals surface area contributed by atoms with E-state index in [1.807, 2.05) is 11.6 Å². The lowest BCUT2D eigenvalue weighted by Gasteiger charge is -2.20. The second kappa shape index (κ2) is 7.22. The van der Waals surface area contributed by atoms with E-state index in [9.17, 15) is 13.2 Å². The SMILES string of the molecule is Cc1cc2sc(=NC(=O)C3CCCN3S(=O)(=O)c3cccs3)n(C)c2cc1C. The Kier molecular flexibility index (Phi) is 5.03. The second-order valence-electron chi connectivity index (χ2n) is 7.00. The molecule has 0 bridgehead atoms. The molecule has 1 fully saturated rings. The summed E-state index contributed by atoms with van der Waals surface area (Å²) >= 11 is 2.62. The molecule has 3 heterocycles. The number of fused-ring (bicyclic) bond motifs is 1. The Morgan fingerprint density at radius 3 is 2.71 bits per heavy atom. The molecule has 28 heavy (non-hydrogen) atoms. The van der Waals surface area contributed by atoms with Crippen molar-refractivity contribution in [3.63, 3.8) is 0 Å². The van der Waals surface area contributed by atoms with Crippen LogP contribution in [0.4, 0.5) is 0 Å². The molecule has 1 saturated heterocycles. The topological polar surface area (TPSA) is 71.7 Å². The van der Waals surface area contributed by atoms with E-state index in [1.165, 1.54) is 38.1 Å². The molecule has 1 atom stereocenters. The van der Waals surface area contributed by atoms with Gasteiger partial charge in [-0.3, -0.25) is 4.79 Å². The molecule has 0 radical (unpaired) electrons. The van der Waals surface area contributed by atoms with E-state index in [4.69, 9.17) is 0 Å². The van der Waals surface area contributed by atoms with E-state index in [1.54, 1.807) is 17.5 Å². The number of hydrogen-bond acceptors (Lipinski definition) is 5. The molecule has 0 aliphatic carbocycles. The number of aryl methyl sites for hydroxylation is 3. The van der Waals surface area contributed by atoms with Crippen LogP contribution in [-0.2, 0) is 21.9 Å². The van der Waals surface area contributed by atoms with Gasteiger partial charge in [0.15, 0.2) is 4.80 Å². The Balaban J connectivity index is 1.72. The van der Waals surface area contributed by atoms with Gasteiger partial charge in [-0.05, 0) is 61.4 Å². The molecule has 1 amide bonds. The van der Waals surface area contributed by atoms with Gasteiger partial charge in [0.05, 0.1) is 10.2 Å². The molecular weight excluding hydrogens is 414 g/mol. The van der Waals surface area contributed by atoms with E-state index in [2.05, 4.69) is 31.0 Å². The molecule has 0 spiro atoms. The fourth-order valence-electron chi connectivity index (χ4n) is 3.46. The molecule has 1 aliphatic rings. The summed E-state index contributed by atoms with van der Waals surface area (Å²) in [6, 6.07) is 6.74. The number of thiophene rings is 1. The van der Waals surface area contributed by atoms with E-state index in [0.29, 0.717) is 24.2 Å². The third-order valence-corrected chi connectivity index (χ3v) is 9.55. The third kappa shape index (κ3) is 3.26. The zero-order valence-electron chi connectivity index (χ0n) is 15.9. The van der Waals surface area contributed by atoms with Crippen LogP contribution in [0.15, 0.2) is 38.8 Å². The van der Waals surface area contributed by atoms with Crippen LogP contribution in [0.2, 0.25) is 0 Å². The van der Waals surface area contributed by atoms with Crippen LogP contribution in [-0.4, -0.2) is 35.8 Å². The lowest BCUT2D eigenvalue weighted by molar-refractivity contribution is -0.121. The van der Waals surface area contributed by atoms with Crippen molar-refractivity contribution in [2.75, 3.05) is 6.54 Å². The highest BCUT2D eigenvalue weighted by Crippen LogP contribution is 2.29. The minimum atomic E-state index is -3.66. The Hall–Kier alpha value is -1.81. The highest BCUT2D eigenvalue weighted by Gasteiger charge is 2.39. The molecule has 148 valence electrons. The number of hydrogen-bond donors (Lipinski definition) is 0. The minimum absolute atomic E-state index is 0.269. The molecule has 6 nitrogen and oxygen atoms in total. The van der Waals surface area contributed by atoms with Crippen LogP contribution < -0.4 is 4.80 Å². The van der Waals surface area contributed by atoms with Crippen molar-refractivity contribution in [2.45, 2.75) is 36.9 Å². The first kappa shape index (κ1) is 19.5. The van der Waals surface area contributed by atoms with Gasteiger partial charge in [-0.2, -0.15) is 9.30 Å². The summed E-state index contributed by atoms with van der Waals surface area (Å²) in [5, 5.41) is 1.73. The number of thiazole rings is 1. The summed E-state index contributed by atoms with van der Waals surface area (Å²) < 4.78 is 30.3. The van der Waals surface area contributed by atoms with Crippen LogP contribution in [0, 0.1) is 13.8 Å². The zero-order chi connectivity index (χ0) is 20.1. The maximum Gasteiger partial charge on any atom is 0.266 e. The van der Waals surface area contributed by atoms with Crippen molar-refractivity contribution in [3.8, 4) is 0 Å². The molecule has 4 rings (SSSR count). The number of amides is 1. The maximum atomic E-state index is 12.9. The van der Waals surface area contributed by atoms with Gasteiger partial charge in [0.2, 0.25) is 0 Å². The Bertz CT molecular complexity index is 1220. The average molecular weight is 436 g/mol. The van der Waals surface area contributed by atoms with Gasteiger partial charge in [0.1, 0.15) is 10.3 Å². The Morgan fingerprint density at radius 1 is 1.25 bits per heavy atom. The van der Waals surface area contributed by atoms with Gasteiger partial charge in [-0.25, -0.2) is 8.42 Å². The van der Waals surface area contributed by atoms with Gasteiger partial charge in [-0.1, -0.05) is 17.4 Å². The van der Waals surface area contributed by atoms with Gasteiger partial charge in [-0.15, -0.1) is 11.3 Å². The van der Waals surface area contributed by atoms with Gasteiger partial charge in [0.25, 0.3) is 15.9 Å². The summed E-state index contributed by atoms with van der Waals surface area (Å²) in [7, 11) is -1.78. The summed E-state index contributed by atoms with van der Waals surface area (Å²) in [6.45, 7) is 4.46. The summed E-state index contributed by atoms with van der Waals surface area (Å²) in [4.78, 5) is 17.8. The third-order valence-electron chi connectivity index (χ3n) is 5.18. The molecule has 9 heteroatoms. The summed E-state index contributed by atoms with van der Waals surface area (Å²) in [6.07, 6.45) is 1.16. The first-order chi connectivity index (χ1) is 13.3. The summed E-state index contributed by atoms with van der Waals surface area (Å²) in [5.74, 6) is -0.395. The fraction of sp³-hybridized carbons (Fsp3) is 0.368. The highest BCUT2D eigenvalue weighted by molar-refractivity contribution is 7.91. The van der Waals surface area contributed by atoms with Gasteiger partial charge in [0, 0.05) is 13.6 Å². The number of nitrogens with zero attached hydrogens (tertiary/aromatic N) is 3. The monoisotopic (exact) mass is 435 g/mol. The van der Waals surface area contributed by atoms with Crippen molar-refractivity contribution < 1.29 is 13.2 Å². The normalized spacial score (nSPS) is 19.0. The quantitative estimate of drug-likeness (QED) is 0.634. The number of carbonyl (C=O) groups is 1. The van der Waals surface area contributed by atoms with Crippen LogP contribution in [0.3, 0.4) is 0 Å². The molecule has 0 N–H and O–H groups in total. The number of carbonyl (C=O) groups excluding carboxylic acids is 1. The van der Waals surface area contributed by atoms with Crippen molar-refractivity contribution in [3.05, 3.63) is 45.6 Å². The highest BCUT2D eigenvalue weighted by atomic mass is 32.2. The second-order valence-corrected chi connectivity index (χ2v) is 11.1. The molecule has 0 saturated carbocycles. The molecular formula is C19H21N3O3S3. The fourth-order valence-corrected chi connectivity index (χ4v) is 7.33. The van der Waals surface area contributed by atoms with Gasteiger partial charge >= 0.3 is 0 Å². The van der Waals surface area contributed by atoms with E-state index in [-0.39, 0.29) is 4.21 Å². The first-order valence-corrected chi connectivity index (χ1v) is 12.1. The van der Waals surface area contributed by atoms with Crippen molar-refractivity contribution in [1.29, 1.82) is 0 Å². The molecule has 2 aromatic heterocycles. The lowest BCUT2D eigenvalue weighted by Crippen LogP contribution is -2.40. The van der Waals surface area contributed by atoms with E-state index >= 15 is 0 Å². The van der Waals surface area contributed by atoms with E-state index in [0.717, 1.165) is 10.2 Å². The van der Waals surface area contributed by atoms with Crippen molar-refractivity contribution in [2.24, 2.45) is 12.0 Å². The standard InChI is InChI=1S/C19H21N3O3S3/c1-12-10-15-16(11-13(12)2)27-19(21(15)3)20-18(23)14-6-4-8-22(14)28(24,25)17-7-5-9-26-17/h5,7,9-11,14H,4,6,8H2,1-3H3. The van der Waals surface area contributed by atoms with Crippen molar-refractivity contribution in [1.82, 2.24) is 8.87 Å². The molecule has 1 aliphatic heterocycles. The predicted molar refractivity (Wildman–Crippen MR) is 112 cm³/mol. The molecule has 1 unspecified atom stereocenters. The van der Waals surface area contributed by atoms with Crippen molar-refractivity contribution >= 4 is 48.8 Å². The number of sulfonamides is 1. The predicted octanol–water partition coefficient (Wildman–Crippen LogP) is 3.20. The van der Waals surface area contributed by atoms with Crippen LogP contribution >= 0.6 is 22.7 Å². The number of aromatic nitrogens is 1. The number of rotatable bonds is 3. The lowest BCUT2D eigenvalue weighted by atomic mass is 10.1.